The highest BCUT2D eigenvalue weighted by Gasteiger charge is 2.38. The highest BCUT2D eigenvalue weighted by atomic mass is 32.2. The van der Waals surface area contributed by atoms with Crippen LogP contribution in [0.4, 0.5) is 0 Å². The van der Waals surface area contributed by atoms with Gasteiger partial charge in [-0.25, -0.2) is 0 Å². The van der Waals surface area contributed by atoms with Gasteiger partial charge in [-0.1, -0.05) is 35.4 Å². The average Bonchev–Trinajstić information content (AvgIpc) is 2.75. The molecule has 2 aromatic carbocycles. The molecule has 2 rings (SSSR count). The number of benzene rings is 2. The Hall–Kier alpha value is -1.90. The molecule has 4 atom stereocenters. The number of aliphatic hydroxyl groups excluding tert-OH is 4. The van der Waals surface area contributed by atoms with Gasteiger partial charge in [-0.3, -0.25) is 8.37 Å². The molecule has 178 valence electrons. The first-order valence-electron chi connectivity index (χ1n) is 9.49. The van der Waals surface area contributed by atoms with Gasteiger partial charge in [-0.05, 0) is 38.1 Å². The van der Waals surface area contributed by atoms with Crippen LogP contribution in [-0.2, 0) is 28.6 Å². The molecule has 0 amide bonds. The van der Waals surface area contributed by atoms with Crippen molar-refractivity contribution in [1.29, 1.82) is 0 Å². The summed E-state index contributed by atoms with van der Waals surface area (Å²) in [5.74, 6) is 0. The topological polar surface area (TPSA) is 168 Å². The lowest BCUT2D eigenvalue weighted by Gasteiger charge is -2.29. The summed E-state index contributed by atoms with van der Waals surface area (Å²) in [6.45, 7) is 1.42. The van der Waals surface area contributed by atoms with E-state index < -0.39 is 57.9 Å². The van der Waals surface area contributed by atoms with Crippen molar-refractivity contribution in [3.63, 3.8) is 0 Å². The normalized spacial score (nSPS) is 16.3. The molecule has 2 aromatic rings. The minimum absolute atomic E-state index is 0.250. The highest BCUT2D eigenvalue weighted by Crippen LogP contribution is 2.21. The summed E-state index contributed by atoms with van der Waals surface area (Å²) >= 11 is 0. The molecule has 32 heavy (non-hydrogen) atoms. The summed E-state index contributed by atoms with van der Waals surface area (Å²) in [7, 11) is -8.87. The lowest BCUT2D eigenvalue weighted by molar-refractivity contribution is -0.107. The average molecular weight is 491 g/mol. The van der Waals surface area contributed by atoms with Crippen molar-refractivity contribution in [2.75, 3.05) is 13.2 Å². The smallest absolute Gasteiger partial charge is 0.297 e. The summed E-state index contributed by atoms with van der Waals surface area (Å²) in [4.78, 5) is -0.500. The van der Waals surface area contributed by atoms with E-state index >= 15 is 0 Å². The first kappa shape index (κ1) is 26.4. The van der Waals surface area contributed by atoms with Gasteiger partial charge in [-0.2, -0.15) is 16.8 Å². The van der Waals surface area contributed by atoms with Crippen molar-refractivity contribution in [3.8, 4) is 0 Å². The fourth-order valence-corrected chi connectivity index (χ4v) is 4.84. The summed E-state index contributed by atoms with van der Waals surface area (Å²) in [6.07, 6.45) is -7.97. The van der Waals surface area contributed by atoms with Crippen LogP contribution in [0.1, 0.15) is 11.1 Å². The molecule has 0 saturated carbocycles. The fraction of sp³-hybridized carbons (Fsp3) is 0.400. The Bertz CT molecular complexity index is 991. The molecule has 0 saturated heterocycles. The molecule has 0 heterocycles. The van der Waals surface area contributed by atoms with Gasteiger partial charge in [-0.15, -0.1) is 0 Å². The SMILES string of the molecule is Cc1ccc(S(=O)(=O)O[C@H](CO)[C@H](O)[C@H](O)[C@@H](CO)OS(=O)(=O)c2ccc(C)cc2)cc1. The Kier molecular flexibility index (Phi) is 8.90. The maximum absolute atomic E-state index is 12.4. The highest BCUT2D eigenvalue weighted by molar-refractivity contribution is 7.87. The van der Waals surface area contributed by atoms with Gasteiger partial charge in [0, 0.05) is 0 Å². The maximum atomic E-state index is 12.4. The Morgan fingerprint density at radius 3 is 1.19 bits per heavy atom. The minimum Gasteiger partial charge on any atom is -0.394 e. The van der Waals surface area contributed by atoms with E-state index in [-0.39, 0.29) is 9.79 Å². The van der Waals surface area contributed by atoms with Gasteiger partial charge in [0.25, 0.3) is 20.2 Å². The molecule has 12 heteroatoms. The third-order valence-electron chi connectivity index (χ3n) is 4.59. The first-order chi connectivity index (χ1) is 14.9. The van der Waals surface area contributed by atoms with Crippen molar-refractivity contribution in [3.05, 3.63) is 59.7 Å². The molecule has 0 radical (unpaired) electrons. The van der Waals surface area contributed by atoms with E-state index in [4.69, 9.17) is 8.37 Å². The summed E-state index contributed by atoms with van der Waals surface area (Å²) in [6, 6.07) is 11.1. The van der Waals surface area contributed by atoms with E-state index in [1.54, 1.807) is 13.8 Å². The quantitative estimate of drug-likeness (QED) is 0.311. The molecular formula is C20H26O10S2. The zero-order chi connectivity index (χ0) is 24.1. The molecule has 0 bridgehead atoms. The molecular weight excluding hydrogens is 464 g/mol. The van der Waals surface area contributed by atoms with Crippen molar-refractivity contribution >= 4 is 20.2 Å². The second-order valence-electron chi connectivity index (χ2n) is 7.15. The van der Waals surface area contributed by atoms with Crippen LogP contribution in [-0.4, -0.2) is 74.9 Å². The third kappa shape index (κ3) is 6.56. The fourth-order valence-electron chi connectivity index (χ4n) is 2.68. The Morgan fingerprint density at radius 1 is 0.656 bits per heavy atom. The predicted molar refractivity (Wildman–Crippen MR) is 113 cm³/mol. The van der Waals surface area contributed by atoms with Crippen molar-refractivity contribution in [2.24, 2.45) is 0 Å². The van der Waals surface area contributed by atoms with Crippen LogP contribution in [0.3, 0.4) is 0 Å². The van der Waals surface area contributed by atoms with Gasteiger partial charge in [0.05, 0.1) is 23.0 Å². The number of hydrogen-bond acceptors (Lipinski definition) is 10. The molecule has 0 spiro atoms. The van der Waals surface area contributed by atoms with E-state index in [2.05, 4.69) is 0 Å². The van der Waals surface area contributed by atoms with Gasteiger partial charge < -0.3 is 20.4 Å². The maximum Gasteiger partial charge on any atom is 0.297 e. The molecule has 0 aliphatic rings. The van der Waals surface area contributed by atoms with E-state index in [9.17, 15) is 37.3 Å². The van der Waals surface area contributed by atoms with Crippen LogP contribution in [0.5, 0.6) is 0 Å². The minimum atomic E-state index is -4.43. The van der Waals surface area contributed by atoms with Crippen molar-refractivity contribution in [2.45, 2.75) is 48.1 Å². The largest absolute Gasteiger partial charge is 0.394 e. The van der Waals surface area contributed by atoms with Crippen molar-refractivity contribution < 1.29 is 45.6 Å². The van der Waals surface area contributed by atoms with E-state index in [0.29, 0.717) is 0 Å². The van der Waals surface area contributed by atoms with Crippen LogP contribution in [0, 0.1) is 13.8 Å². The zero-order valence-electron chi connectivity index (χ0n) is 17.4. The van der Waals surface area contributed by atoms with Gasteiger partial charge in [0.1, 0.15) is 24.4 Å². The second-order valence-corrected chi connectivity index (χ2v) is 10.3. The van der Waals surface area contributed by atoms with E-state index in [1.165, 1.54) is 48.5 Å². The van der Waals surface area contributed by atoms with Gasteiger partial charge >= 0.3 is 0 Å². The number of rotatable bonds is 11. The molecule has 0 fully saturated rings. The number of aryl methyl sites for hydroxylation is 2. The Balaban J connectivity index is 2.18. The Morgan fingerprint density at radius 2 is 0.938 bits per heavy atom. The van der Waals surface area contributed by atoms with E-state index in [1.807, 2.05) is 0 Å². The molecule has 10 nitrogen and oxygen atoms in total. The number of aliphatic hydroxyl groups is 4. The summed E-state index contributed by atoms with van der Waals surface area (Å²) < 4.78 is 59.4. The Labute approximate surface area is 186 Å². The first-order valence-corrected chi connectivity index (χ1v) is 12.3. The third-order valence-corrected chi connectivity index (χ3v) is 7.29. The van der Waals surface area contributed by atoms with Crippen LogP contribution >= 0.6 is 0 Å². The van der Waals surface area contributed by atoms with E-state index in [0.717, 1.165) is 11.1 Å². The van der Waals surface area contributed by atoms with Crippen LogP contribution in [0.25, 0.3) is 0 Å². The molecule has 0 unspecified atom stereocenters. The van der Waals surface area contributed by atoms with Crippen LogP contribution in [0.15, 0.2) is 58.3 Å². The molecule has 0 aromatic heterocycles. The van der Waals surface area contributed by atoms with Gasteiger partial charge in [0.15, 0.2) is 0 Å². The zero-order valence-corrected chi connectivity index (χ0v) is 19.0. The van der Waals surface area contributed by atoms with Gasteiger partial charge in [0.2, 0.25) is 0 Å². The van der Waals surface area contributed by atoms with Crippen LogP contribution in [0.2, 0.25) is 0 Å². The summed E-state index contributed by atoms with van der Waals surface area (Å²) in [5.41, 5.74) is 1.58. The lowest BCUT2D eigenvalue weighted by Crippen LogP contribution is -2.50. The standard InChI is InChI=1S/C20H26O10S2/c1-13-3-7-15(8-4-13)31(25,26)29-17(11-21)19(23)20(24)18(12-22)30-32(27,28)16-9-5-14(2)6-10-16/h3-10,17-24H,11-12H2,1-2H3/t17-,18-,19-,20+/m1/s1. The second kappa shape index (κ2) is 10.8. The lowest BCUT2D eigenvalue weighted by atomic mass is 10.0. The molecule has 0 aliphatic carbocycles. The summed E-state index contributed by atoms with van der Waals surface area (Å²) in [5, 5.41) is 39.7. The monoisotopic (exact) mass is 490 g/mol. The number of hydrogen-bond donors (Lipinski definition) is 4. The van der Waals surface area contributed by atoms with Crippen LogP contribution < -0.4 is 0 Å². The molecule has 4 N–H and O–H groups in total. The molecule has 0 aliphatic heterocycles. The van der Waals surface area contributed by atoms with Crippen molar-refractivity contribution in [1.82, 2.24) is 0 Å². The predicted octanol–water partition coefficient (Wildman–Crippen LogP) is -0.142.